The summed E-state index contributed by atoms with van der Waals surface area (Å²) >= 11 is 0. The zero-order chi connectivity index (χ0) is 19.1. The number of nitrogens with zero attached hydrogens (tertiary/aromatic N) is 2. The Kier molecular flexibility index (Phi) is 3.97. The lowest BCUT2D eigenvalue weighted by molar-refractivity contribution is 1.08. The van der Waals surface area contributed by atoms with Crippen LogP contribution in [0.2, 0.25) is 0 Å². The Hall–Kier alpha value is -3.40. The molecule has 28 heavy (non-hydrogen) atoms. The fourth-order valence-electron chi connectivity index (χ4n) is 3.94. The first-order valence-electron chi connectivity index (χ1n) is 9.81. The van der Waals surface area contributed by atoms with Crippen LogP contribution in [0.15, 0.2) is 36.4 Å². The second kappa shape index (κ2) is 6.64. The molecule has 0 spiro atoms. The van der Waals surface area contributed by atoms with E-state index in [9.17, 15) is 0 Å². The van der Waals surface area contributed by atoms with Crippen molar-refractivity contribution in [2.75, 3.05) is 0 Å². The molecule has 3 aromatic heterocycles. The van der Waals surface area contributed by atoms with Crippen molar-refractivity contribution < 1.29 is 0 Å². The van der Waals surface area contributed by atoms with E-state index in [-0.39, 0.29) is 0 Å². The van der Waals surface area contributed by atoms with Gasteiger partial charge in [0.1, 0.15) is 0 Å². The molecular formula is C24H22N4. The summed E-state index contributed by atoms with van der Waals surface area (Å²) in [5.41, 5.74) is 10.7. The number of aromatic amines is 2. The van der Waals surface area contributed by atoms with Gasteiger partial charge in [0.2, 0.25) is 0 Å². The van der Waals surface area contributed by atoms with Crippen LogP contribution in [0, 0.1) is 0 Å². The molecule has 3 aromatic rings. The molecule has 0 amide bonds. The molecule has 2 aliphatic rings. The van der Waals surface area contributed by atoms with Crippen molar-refractivity contribution in [3.8, 4) is 0 Å². The average molecular weight is 366 g/mol. The van der Waals surface area contributed by atoms with Gasteiger partial charge in [0, 0.05) is 27.6 Å². The second-order valence-corrected chi connectivity index (χ2v) is 7.12. The highest BCUT2D eigenvalue weighted by molar-refractivity contribution is 5.80. The molecule has 0 aliphatic carbocycles. The van der Waals surface area contributed by atoms with Crippen LogP contribution in [0.3, 0.4) is 0 Å². The van der Waals surface area contributed by atoms with Crippen LogP contribution >= 0.6 is 0 Å². The summed E-state index contributed by atoms with van der Waals surface area (Å²) in [4.78, 5) is 16.7. The van der Waals surface area contributed by atoms with Gasteiger partial charge in [-0.1, -0.05) is 13.8 Å². The first kappa shape index (κ1) is 16.8. The lowest BCUT2D eigenvalue weighted by Gasteiger charge is -1.99. The molecule has 0 atom stereocenters. The summed E-state index contributed by atoms with van der Waals surface area (Å²) in [6, 6.07) is 12.7. The first-order chi connectivity index (χ1) is 13.7. The molecule has 5 rings (SSSR count). The molecular weight excluding hydrogens is 344 g/mol. The summed E-state index contributed by atoms with van der Waals surface area (Å²) in [5, 5.41) is 0. The normalized spacial score (nSPS) is 12.6. The number of hydrogen-bond acceptors (Lipinski definition) is 2. The van der Waals surface area contributed by atoms with Crippen molar-refractivity contribution >= 4 is 46.4 Å². The zero-order valence-electron chi connectivity index (χ0n) is 16.1. The van der Waals surface area contributed by atoms with E-state index in [2.05, 4.69) is 84.5 Å². The minimum absolute atomic E-state index is 0.890. The monoisotopic (exact) mass is 366 g/mol. The van der Waals surface area contributed by atoms with Crippen LogP contribution in [0.1, 0.15) is 47.8 Å². The highest BCUT2D eigenvalue weighted by Gasteiger charge is 2.10. The van der Waals surface area contributed by atoms with Crippen molar-refractivity contribution in [2.45, 2.75) is 26.7 Å². The topological polar surface area (TPSA) is 57.4 Å². The van der Waals surface area contributed by atoms with Gasteiger partial charge in [-0.25, -0.2) is 9.97 Å². The number of hydrogen-bond donors (Lipinski definition) is 2. The Balaban J connectivity index is 1.90. The lowest BCUT2D eigenvalue weighted by atomic mass is 10.1. The molecule has 5 heterocycles. The summed E-state index contributed by atoms with van der Waals surface area (Å²) in [6.07, 6.45) is 10.1. The van der Waals surface area contributed by atoms with Gasteiger partial charge in [-0.2, -0.15) is 0 Å². The third-order valence-electron chi connectivity index (χ3n) is 5.32. The van der Waals surface area contributed by atoms with Crippen molar-refractivity contribution in [3.63, 3.8) is 0 Å². The minimum Gasteiger partial charge on any atom is -0.355 e. The fraction of sp³-hybridized carbons (Fsp3) is 0.167. The predicted octanol–water partition coefficient (Wildman–Crippen LogP) is 5.78. The number of nitrogens with one attached hydrogen (secondary N) is 2. The van der Waals surface area contributed by atoms with E-state index in [0.717, 1.165) is 57.7 Å². The maximum Gasteiger partial charge on any atom is 0.0691 e. The van der Waals surface area contributed by atoms with Crippen LogP contribution in [-0.2, 0) is 12.8 Å². The number of fused-ring (bicyclic) bond motifs is 8. The Bertz CT molecular complexity index is 1190. The second-order valence-electron chi connectivity index (χ2n) is 7.12. The van der Waals surface area contributed by atoms with Crippen molar-refractivity contribution in [1.82, 2.24) is 19.9 Å². The van der Waals surface area contributed by atoms with Gasteiger partial charge >= 0.3 is 0 Å². The van der Waals surface area contributed by atoms with Crippen molar-refractivity contribution in [2.24, 2.45) is 0 Å². The molecule has 0 aromatic carbocycles. The number of H-pyrrole nitrogens is 2. The zero-order valence-corrected chi connectivity index (χ0v) is 16.1. The van der Waals surface area contributed by atoms with Gasteiger partial charge in [-0.05, 0) is 79.1 Å². The summed E-state index contributed by atoms with van der Waals surface area (Å²) < 4.78 is 0. The molecule has 2 N–H and O–H groups in total. The number of aromatic nitrogens is 4. The third-order valence-corrected chi connectivity index (χ3v) is 5.32. The van der Waals surface area contributed by atoms with Crippen LogP contribution in [0.5, 0.6) is 0 Å². The van der Waals surface area contributed by atoms with Crippen LogP contribution in [0.25, 0.3) is 46.4 Å². The fourth-order valence-corrected chi connectivity index (χ4v) is 3.94. The molecule has 138 valence electrons. The number of aryl methyl sites for hydroxylation is 1. The molecule has 4 nitrogen and oxygen atoms in total. The summed E-state index contributed by atoms with van der Waals surface area (Å²) in [7, 11) is 0. The average Bonchev–Trinajstić information content (AvgIpc) is 3.47. The molecule has 0 radical (unpaired) electrons. The first-order valence-corrected chi connectivity index (χ1v) is 9.81. The van der Waals surface area contributed by atoms with Gasteiger partial charge in [0.15, 0.2) is 0 Å². The highest BCUT2D eigenvalue weighted by atomic mass is 14.8. The van der Waals surface area contributed by atoms with Crippen molar-refractivity contribution in [3.05, 3.63) is 70.3 Å². The Morgan fingerprint density at radius 2 is 1.14 bits per heavy atom. The Morgan fingerprint density at radius 3 is 1.61 bits per heavy atom. The van der Waals surface area contributed by atoms with E-state index >= 15 is 0 Å². The molecule has 4 heteroatoms. The van der Waals surface area contributed by atoms with E-state index in [1.54, 1.807) is 0 Å². The lowest BCUT2D eigenvalue weighted by Crippen LogP contribution is -1.91. The van der Waals surface area contributed by atoms with Gasteiger partial charge in [-0.3, -0.25) is 0 Å². The molecule has 2 aliphatic heterocycles. The SMILES string of the molecule is CCc1c2nc(cc3ccc([nH]3)c(CC)c3ccc(cc4nc1C=C4)[nH]3)C=C2. The Labute approximate surface area is 163 Å². The quantitative estimate of drug-likeness (QED) is 0.416. The van der Waals surface area contributed by atoms with E-state index in [0.29, 0.717) is 0 Å². The van der Waals surface area contributed by atoms with Crippen LogP contribution in [0.4, 0.5) is 0 Å². The van der Waals surface area contributed by atoms with Gasteiger partial charge in [0.05, 0.1) is 22.8 Å². The minimum atomic E-state index is 0.890. The van der Waals surface area contributed by atoms with Gasteiger partial charge in [-0.15, -0.1) is 0 Å². The smallest absolute Gasteiger partial charge is 0.0691 e. The largest absolute Gasteiger partial charge is 0.355 e. The standard InChI is InChI=1S/C24H22N4/c1-3-19-21-9-5-15(25-21)13-17-7-11-23(27-17)20(4-2)24-12-8-18(28-24)14-16-6-10-22(19)26-16/h5-14,25-26H,3-4H2,1-2H3. The molecule has 8 bridgehead atoms. The Morgan fingerprint density at radius 1 is 0.643 bits per heavy atom. The molecule has 0 saturated heterocycles. The molecule has 0 fully saturated rings. The van der Waals surface area contributed by atoms with Crippen LogP contribution < -0.4 is 0 Å². The molecule has 0 saturated carbocycles. The van der Waals surface area contributed by atoms with Crippen LogP contribution in [-0.4, -0.2) is 19.9 Å². The van der Waals surface area contributed by atoms with Gasteiger partial charge < -0.3 is 9.97 Å². The summed E-state index contributed by atoms with van der Waals surface area (Å²) in [5.74, 6) is 0. The number of rotatable bonds is 2. The van der Waals surface area contributed by atoms with Gasteiger partial charge in [0.25, 0.3) is 0 Å². The predicted molar refractivity (Wildman–Crippen MR) is 118 cm³/mol. The maximum atomic E-state index is 4.83. The third kappa shape index (κ3) is 2.87. The van der Waals surface area contributed by atoms with E-state index in [4.69, 9.17) is 9.97 Å². The van der Waals surface area contributed by atoms with E-state index in [1.165, 1.54) is 11.1 Å². The van der Waals surface area contributed by atoms with E-state index < -0.39 is 0 Å². The highest BCUT2D eigenvalue weighted by Crippen LogP contribution is 2.23. The maximum absolute atomic E-state index is 4.83. The summed E-state index contributed by atoms with van der Waals surface area (Å²) in [6.45, 7) is 4.33. The van der Waals surface area contributed by atoms with E-state index in [1.807, 2.05) is 0 Å². The molecule has 0 unspecified atom stereocenters. The van der Waals surface area contributed by atoms with Crippen molar-refractivity contribution in [1.29, 1.82) is 0 Å².